The Kier molecular flexibility index (Phi) is 4.09. The predicted molar refractivity (Wildman–Crippen MR) is 63.7 cm³/mol. The summed E-state index contributed by atoms with van der Waals surface area (Å²) < 4.78 is 10.2. The highest BCUT2D eigenvalue weighted by Gasteiger charge is 2.32. The Hall–Kier alpha value is -0.980. The molecule has 0 aliphatic carbocycles. The van der Waals surface area contributed by atoms with Gasteiger partial charge in [-0.15, -0.1) is 11.3 Å². The van der Waals surface area contributed by atoms with Crippen LogP contribution >= 0.6 is 11.3 Å². The average molecular weight is 256 g/mol. The maximum atomic E-state index is 11.3. The maximum Gasteiger partial charge on any atom is 0.350 e. The van der Waals surface area contributed by atoms with Gasteiger partial charge in [0.25, 0.3) is 0 Å². The van der Waals surface area contributed by atoms with Crippen LogP contribution in [-0.4, -0.2) is 30.8 Å². The topological polar surface area (TPSA) is 60.5 Å². The number of nitrogens with one attached hydrogen (secondary N) is 1. The van der Waals surface area contributed by atoms with E-state index in [1.807, 2.05) is 5.38 Å². The van der Waals surface area contributed by atoms with Crippen molar-refractivity contribution in [2.75, 3.05) is 13.7 Å². The van der Waals surface area contributed by atoms with E-state index in [1.165, 1.54) is 7.11 Å². The van der Waals surface area contributed by atoms with Crippen molar-refractivity contribution in [2.45, 2.75) is 32.1 Å². The minimum Gasteiger partial charge on any atom is -0.466 e. The fourth-order valence-corrected chi connectivity index (χ4v) is 2.64. The van der Waals surface area contributed by atoms with E-state index in [1.54, 1.807) is 11.3 Å². The second-order valence-electron chi connectivity index (χ2n) is 3.85. The van der Waals surface area contributed by atoms with Gasteiger partial charge in [0.15, 0.2) is 0 Å². The largest absolute Gasteiger partial charge is 0.466 e. The molecular formula is C11H16N2O3S. The lowest BCUT2D eigenvalue weighted by Crippen LogP contribution is -2.32. The summed E-state index contributed by atoms with van der Waals surface area (Å²) in [6.07, 6.45) is 1.26. The first-order valence-corrected chi connectivity index (χ1v) is 6.53. The third-order valence-electron chi connectivity index (χ3n) is 2.57. The molecule has 1 N–H and O–H groups in total. The average Bonchev–Trinajstić information content (AvgIpc) is 2.96. The highest BCUT2D eigenvalue weighted by atomic mass is 32.1. The lowest BCUT2D eigenvalue weighted by atomic mass is 10.3. The highest BCUT2D eigenvalue weighted by molar-refractivity contribution is 7.09. The molecule has 0 amide bonds. The zero-order valence-electron chi connectivity index (χ0n) is 9.93. The third-order valence-corrected chi connectivity index (χ3v) is 3.49. The molecule has 94 valence electrons. The monoisotopic (exact) mass is 256 g/mol. The van der Waals surface area contributed by atoms with Gasteiger partial charge in [-0.25, -0.2) is 9.78 Å². The molecule has 0 spiro atoms. The molecular weight excluding hydrogens is 240 g/mol. The van der Waals surface area contributed by atoms with E-state index in [4.69, 9.17) is 4.74 Å². The summed E-state index contributed by atoms with van der Waals surface area (Å²) in [5.41, 5.74) is 0.900. The zero-order chi connectivity index (χ0) is 12.3. The number of hydrogen-bond donors (Lipinski definition) is 1. The SMILES string of the molecule is CCCc1nc(C2CNC(C(=O)OC)O2)cs1. The van der Waals surface area contributed by atoms with E-state index in [0.29, 0.717) is 6.54 Å². The quantitative estimate of drug-likeness (QED) is 0.822. The Morgan fingerprint density at radius 1 is 1.76 bits per heavy atom. The summed E-state index contributed by atoms with van der Waals surface area (Å²) in [5, 5.41) is 6.08. The molecule has 1 aliphatic heterocycles. The van der Waals surface area contributed by atoms with Gasteiger partial charge in [-0.1, -0.05) is 6.92 Å². The van der Waals surface area contributed by atoms with Crippen LogP contribution in [0.1, 0.15) is 30.2 Å². The molecule has 6 heteroatoms. The van der Waals surface area contributed by atoms with Gasteiger partial charge in [0, 0.05) is 11.9 Å². The van der Waals surface area contributed by atoms with E-state index in [9.17, 15) is 4.79 Å². The van der Waals surface area contributed by atoms with Crippen LogP contribution in [0.3, 0.4) is 0 Å². The summed E-state index contributed by atoms with van der Waals surface area (Å²) in [4.78, 5) is 15.8. The van der Waals surface area contributed by atoms with Crippen molar-refractivity contribution < 1.29 is 14.3 Å². The van der Waals surface area contributed by atoms with Crippen molar-refractivity contribution in [3.63, 3.8) is 0 Å². The van der Waals surface area contributed by atoms with E-state index in [-0.39, 0.29) is 6.10 Å². The number of thiazole rings is 1. The van der Waals surface area contributed by atoms with Gasteiger partial charge in [0.2, 0.25) is 6.23 Å². The molecule has 0 aromatic carbocycles. The van der Waals surface area contributed by atoms with Crippen LogP contribution in [-0.2, 0) is 20.7 Å². The van der Waals surface area contributed by atoms with Crippen LogP contribution in [0.15, 0.2) is 5.38 Å². The summed E-state index contributed by atoms with van der Waals surface area (Å²) >= 11 is 1.64. The Morgan fingerprint density at radius 2 is 2.59 bits per heavy atom. The van der Waals surface area contributed by atoms with E-state index in [0.717, 1.165) is 23.5 Å². The number of rotatable bonds is 4. The number of esters is 1. The van der Waals surface area contributed by atoms with Crippen LogP contribution in [0.5, 0.6) is 0 Å². The molecule has 0 saturated carbocycles. The Labute approximate surface area is 104 Å². The van der Waals surface area contributed by atoms with Gasteiger partial charge in [-0.05, 0) is 12.8 Å². The molecule has 0 bridgehead atoms. The molecule has 1 aromatic rings. The minimum atomic E-state index is -0.665. The molecule has 2 rings (SSSR count). The van der Waals surface area contributed by atoms with Crippen LogP contribution < -0.4 is 5.32 Å². The number of carbonyl (C=O) groups excluding carboxylic acids is 1. The number of aryl methyl sites for hydroxylation is 1. The Balaban J connectivity index is 1.97. The van der Waals surface area contributed by atoms with Crippen LogP contribution in [0.2, 0.25) is 0 Å². The van der Waals surface area contributed by atoms with Gasteiger partial charge < -0.3 is 9.47 Å². The number of hydrogen-bond acceptors (Lipinski definition) is 6. The van der Waals surface area contributed by atoms with Gasteiger partial charge in [-0.2, -0.15) is 0 Å². The molecule has 0 radical (unpaired) electrons. The minimum absolute atomic E-state index is 0.152. The highest BCUT2D eigenvalue weighted by Crippen LogP contribution is 2.25. The molecule has 1 aromatic heterocycles. The predicted octanol–water partition coefficient (Wildman–Crippen LogP) is 1.26. The van der Waals surface area contributed by atoms with Crippen molar-refractivity contribution in [2.24, 2.45) is 0 Å². The second-order valence-corrected chi connectivity index (χ2v) is 4.79. The fraction of sp³-hybridized carbons (Fsp3) is 0.636. The number of nitrogens with zero attached hydrogens (tertiary/aromatic N) is 1. The number of methoxy groups -OCH3 is 1. The summed E-state index contributed by atoms with van der Waals surface area (Å²) in [6.45, 7) is 2.72. The first-order chi connectivity index (χ1) is 8.24. The number of carbonyl (C=O) groups is 1. The molecule has 2 unspecified atom stereocenters. The second kappa shape index (κ2) is 5.57. The molecule has 1 fully saturated rings. The van der Waals surface area contributed by atoms with Gasteiger partial charge in [0.1, 0.15) is 6.10 Å². The summed E-state index contributed by atoms with van der Waals surface area (Å²) in [7, 11) is 1.35. The van der Waals surface area contributed by atoms with Crippen molar-refractivity contribution in [1.29, 1.82) is 0 Å². The third kappa shape index (κ3) is 2.83. The van der Waals surface area contributed by atoms with Gasteiger partial charge >= 0.3 is 5.97 Å². The standard InChI is InChI=1S/C11H16N2O3S/c1-3-4-9-13-7(6-17-9)8-5-12-10(16-8)11(14)15-2/h6,8,10,12H,3-5H2,1-2H3. The Morgan fingerprint density at radius 3 is 3.29 bits per heavy atom. The van der Waals surface area contributed by atoms with Crippen molar-refractivity contribution in [3.05, 3.63) is 16.1 Å². The van der Waals surface area contributed by atoms with Crippen molar-refractivity contribution in [1.82, 2.24) is 10.3 Å². The smallest absolute Gasteiger partial charge is 0.350 e. The van der Waals surface area contributed by atoms with Crippen LogP contribution in [0, 0.1) is 0 Å². The molecule has 1 aliphatic rings. The normalized spacial score (nSPS) is 23.9. The lowest BCUT2D eigenvalue weighted by Gasteiger charge is -2.08. The number of ether oxygens (including phenoxy) is 2. The van der Waals surface area contributed by atoms with Gasteiger partial charge in [-0.3, -0.25) is 5.32 Å². The molecule has 17 heavy (non-hydrogen) atoms. The summed E-state index contributed by atoms with van der Waals surface area (Å²) in [6, 6.07) is 0. The molecule has 2 atom stereocenters. The summed E-state index contributed by atoms with van der Waals surface area (Å²) in [5.74, 6) is -0.392. The van der Waals surface area contributed by atoms with E-state index >= 15 is 0 Å². The van der Waals surface area contributed by atoms with Crippen molar-refractivity contribution in [3.8, 4) is 0 Å². The molecule has 5 nitrogen and oxygen atoms in total. The van der Waals surface area contributed by atoms with Gasteiger partial charge in [0.05, 0.1) is 17.8 Å². The van der Waals surface area contributed by atoms with Crippen molar-refractivity contribution >= 4 is 17.3 Å². The zero-order valence-corrected chi connectivity index (χ0v) is 10.8. The lowest BCUT2D eigenvalue weighted by molar-refractivity contribution is -0.154. The Bertz CT molecular complexity index is 394. The first-order valence-electron chi connectivity index (χ1n) is 5.65. The molecule has 2 heterocycles. The van der Waals surface area contributed by atoms with E-state index in [2.05, 4.69) is 22.0 Å². The first kappa shape index (κ1) is 12.5. The van der Waals surface area contributed by atoms with Crippen LogP contribution in [0.4, 0.5) is 0 Å². The number of aromatic nitrogens is 1. The van der Waals surface area contributed by atoms with Crippen LogP contribution in [0.25, 0.3) is 0 Å². The van der Waals surface area contributed by atoms with E-state index < -0.39 is 12.2 Å². The maximum absolute atomic E-state index is 11.3. The fourth-order valence-electron chi connectivity index (χ4n) is 1.70. The molecule has 1 saturated heterocycles.